The van der Waals surface area contributed by atoms with Gasteiger partial charge in [-0.1, -0.05) is 15.9 Å². The van der Waals surface area contributed by atoms with E-state index in [1.807, 2.05) is 30.3 Å². The molecule has 3 rings (SSSR count). The molecule has 1 aliphatic rings. The van der Waals surface area contributed by atoms with Gasteiger partial charge in [0.05, 0.1) is 12.8 Å². The van der Waals surface area contributed by atoms with Crippen molar-refractivity contribution in [2.75, 3.05) is 4.90 Å². The Morgan fingerprint density at radius 3 is 2.84 bits per heavy atom. The van der Waals surface area contributed by atoms with Crippen molar-refractivity contribution in [2.24, 2.45) is 0 Å². The Morgan fingerprint density at radius 2 is 2.21 bits per heavy atom. The maximum atomic E-state index is 11.3. The summed E-state index contributed by atoms with van der Waals surface area (Å²) in [7, 11) is 0. The number of rotatable bonds is 5. The second-order valence-corrected chi connectivity index (χ2v) is 5.68. The van der Waals surface area contributed by atoms with E-state index in [0.29, 0.717) is 18.2 Å². The SMILES string of the molecule is O=Cc1cc(Br)ccc1N(Cc1ccco1)C1CC1. The van der Waals surface area contributed by atoms with E-state index in [-0.39, 0.29) is 0 Å². The monoisotopic (exact) mass is 319 g/mol. The summed E-state index contributed by atoms with van der Waals surface area (Å²) in [5.74, 6) is 0.923. The maximum Gasteiger partial charge on any atom is 0.152 e. The Balaban J connectivity index is 1.93. The third-order valence-electron chi connectivity index (χ3n) is 3.32. The number of nitrogens with zero attached hydrogens (tertiary/aromatic N) is 1. The number of benzene rings is 1. The highest BCUT2D eigenvalue weighted by atomic mass is 79.9. The molecular formula is C15H14BrNO2. The minimum absolute atomic E-state index is 0.518. The van der Waals surface area contributed by atoms with Crippen molar-refractivity contribution < 1.29 is 9.21 Å². The molecule has 1 heterocycles. The van der Waals surface area contributed by atoms with Gasteiger partial charge in [0.1, 0.15) is 5.76 Å². The summed E-state index contributed by atoms with van der Waals surface area (Å²) in [6, 6.07) is 10.2. The van der Waals surface area contributed by atoms with Gasteiger partial charge in [-0.3, -0.25) is 4.79 Å². The summed E-state index contributed by atoms with van der Waals surface area (Å²) in [5.41, 5.74) is 1.70. The summed E-state index contributed by atoms with van der Waals surface area (Å²) >= 11 is 3.40. The van der Waals surface area contributed by atoms with Gasteiger partial charge in [-0.25, -0.2) is 0 Å². The number of aldehydes is 1. The lowest BCUT2D eigenvalue weighted by molar-refractivity contribution is 0.112. The van der Waals surface area contributed by atoms with Crippen LogP contribution in [0.4, 0.5) is 5.69 Å². The fraction of sp³-hybridized carbons (Fsp3) is 0.267. The minimum atomic E-state index is 0.518. The van der Waals surface area contributed by atoms with Gasteiger partial charge in [0, 0.05) is 21.8 Å². The van der Waals surface area contributed by atoms with Crippen LogP contribution in [0.5, 0.6) is 0 Å². The average molecular weight is 320 g/mol. The van der Waals surface area contributed by atoms with E-state index in [2.05, 4.69) is 20.8 Å². The molecule has 1 aliphatic carbocycles. The van der Waals surface area contributed by atoms with Crippen LogP contribution in [0.3, 0.4) is 0 Å². The normalized spacial score (nSPS) is 14.4. The summed E-state index contributed by atoms with van der Waals surface area (Å²) in [4.78, 5) is 13.5. The number of hydrogen-bond donors (Lipinski definition) is 0. The lowest BCUT2D eigenvalue weighted by Gasteiger charge is -2.25. The zero-order valence-electron chi connectivity index (χ0n) is 10.4. The Morgan fingerprint density at radius 1 is 1.37 bits per heavy atom. The molecule has 1 saturated carbocycles. The number of carbonyl (C=O) groups is 1. The van der Waals surface area contributed by atoms with Gasteiger partial charge in [-0.05, 0) is 43.2 Å². The molecule has 0 aliphatic heterocycles. The predicted octanol–water partition coefficient (Wildman–Crippen LogP) is 4.02. The van der Waals surface area contributed by atoms with Crippen LogP contribution in [0.2, 0.25) is 0 Å². The van der Waals surface area contributed by atoms with Gasteiger partial charge in [0.2, 0.25) is 0 Å². The lowest BCUT2D eigenvalue weighted by atomic mass is 10.1. The predicted molar refractivity (Wildman–Crippen MR) is 77.4 cm³/mol. The van der Waals surface area contributed by atoms with Crippen LogP contribution in [0.1, 0.15) is 29.0 Å². The molecule has 0 amide bonds. The van der Waals surface area contributed by atoms with Gasteiger partial charge in [-0.2, -0.15) is 0 Å². The zero-order valence-corrected chi connectivity index (χ0v) is 12.0. The smallest absolute Gasteiger partial charge is 0.152 e. The first-order valence-corrected chi connectivity index (χ1v) is 7.11. The second-order valence-electron chi connectivity index (χ2n) is 4.76. The molecule has 0 saturated heterocycles. The van der Waals surface area contributed by atoms with E-state index >= 15 is 0 Å². The molecule has 19 heavy (non-hydrogen) atoms. The molecule has 1 aromatic carbocycles. The summed E-state index contributed by atoms with van der Waals surface area (Å²) in [6.07, 6.45) is 4.95. The Kier molecular flexibility index (Phi) is 3.42. The first kappa shape index (κ1) is 12.5. The minimum Gasteiger partial charge on any atom is -0.467 e. The van der Waals surface area contributed by atoms with Crippen molar-refractivity contribution in [2.45, 2.75) is 25.4 Å². The maximum absolute atomic E-state index is 11.3. The summed E-state index contributed by atoms with van der Waals surface area (Å²) in [5, 5.41) is 0. The first-order valence-electron chi connectivity index (χ1n) is 6.31. The van der Waals surface area contributed by atoms with E-state index in [9.17, 15) is 4.79 Å². The fourth-order valence-electron chi connectivity index (χ4n) is 2.25. The standard InChI is InChI=1S/C15H14BrNO2/c16-12-3-6-15(11(8-12)10-18)17(13-4-5-13)9-14-2-1-7-19-14/h1-3,6-8,10,13H,4-5,9H2. The van der Waals surface area contributed by atoms with Crippen LogP contribution in [0, 0.1) is 0 Å². The highest BCUT2D eigenvalue weighted by Gasteiger charge is 2.31. The molecule has 3 nitrogen and oxygen atoms in total. The zero-order chi connectivity index (χ0) is 13.2. The highest BCUT2D eigenvalue weighted by Crippen LogP contribution is 2.35. The van der Waals surface area contributed by atoms with E-state index in [0.717, 1.165) is 22.2 Å². The molecule has 98 valence electrons. The molecule has 0 N–H and O–H groups in total. The van der Waals surface area contributed by atoms with Gasteiger partial charge in [0.25, 0.3) is 0 Å². The molecule has 4 heteroatoms. The van der Waals surface area contributed by atoms with Crippen molar-refractivity contribution >= 4 is 27.9 Å². The summed E-state index contributed by atoms with van der Waals surface area (Å²) in [6.45, 7) is 0.708. The molecule has 0 radical (unpaired) electrons. The summed E-state index contributed by atoms with van der Waals surface area (Å²) < 4.78 is 6.34. The van der Waals surface area contributed by atoms with Gasteiger partial charge in [-0.15, -0.1) is 0 Å². The van der Waals surface area contributed by atoms with Gasteiger partial charge in [0.15, 0.2) is 6.29 Å². The number of hydrogen-bond acceptors (Lipinski definition) is 3. The number of halogens is 1. The third-order valence-corrected chi connectivity index (χ3v) is 3.81. The van der Waals surface area contributed by atoms with E-state index in [4.69, 9.17) is 4.42 Å². The molecule has 0 spiro atoms. The Hall–Kier alpha value is -1.55. The molecule has 0 bridgehead atoms. The van der Waals surface area contributed by atoms with Gasteiger partial charge < -0.3 is 9.32 Å². The van der Waals surface area contributed by atoms with Crippen molar-refractivity contribution in [3.8, 4) is 0 Å². The van der Waals surface area contributed by atoms with Crippen LogP contribution in [0.15, 0.2) is 45.5 Å². The molecular weight excluding hydrogens is 306 g/mol. The number of furan rings is 1. The van der Waals surface area contributed by atoms with Gasteiger partial charge >= 0.3 is 0 Å². The quantitative estimate of drug-likeness (QED) is 0.780. The first-order chi connectivity index (χ1) is 9.28. The molecule has 2 aromatic rings. The Labute approximate surface area is 120 Å². The van der Waals surface area contributed by atoms with Crippen LogP contribution in [0.25, 0.3) is 0 Å². The van der Waals surface area contributed by atoms with Crippen LogP contribution >= 0.6 is 15.9 Å². The molecule has 0 atom stereocenters. The van der Waals surface area contributed by atoms with Crippen molar-refractivity contribution in [1.29, 1.82) is 0 Å². The third kappa shape index (κ3) is 2.73. The molecule has 1 aromatic heterocycles. The number of carbonyl (C=O) groups excluding carboxylic acids is 1. The molecule has 1 fully saturated rings. The topological polar surface area (TPSA) is 33.5 Å². The van der Waals surface area contributed by atoms with Crippen LogP contribution in [-0.2, 0) is 6.54 Å². The van der Waals surface area contributed by atoms with Crippen molar-refractivity contribution in [3.63, 3.8) is 0 Å². The highest BCUT2D eigenvalue weighted by molar-refractivity contribution is 9.10. The fourth-order valence-corrected chi connectivity index (χ4v) is 2.63. The van der Waals surface area contributed by atoms with Crippen LogP contribution < -0.4 is 4.90 Å². The molecule has 0 unspecified atom stereocenters. The Bertz CT molecular complexity index is 576. The van der Waals surface area contributed by atoms with E-state index in [1.165, 1.54) is 12.8 Å². The average Bonchev–Trinajstić information content (AvgIpc) is 3.13. The van der Waals surface area contributed by atoms with Crippen molar-refractivity contribution in [3.05, 3.63) is 52.4 Å². The van der Waals surface area contributed by atoms with Crippen molar-refractivity contribution in [1.82, 2.24) is 0 Å². The van der Waals surface area contributed by atoms with Crippen LogP contribution in [-0.4, -0.2) is 12.3 Å². The largest absolute Gasteiger partial charge is 0.467 e. The van der Waals surface area contributed by atoms with E-state index in [1.54, 1.807) is 6.26 Å². The second kappa shape index (κ2) is 5.21. The number of anilines is 1. The lowest BCUT2D eigenvalue weighted by Crippen LogP contribution is -2.25. The van der Waals surface area contributed by atoms with E-state index < -0.39 is 0 Å².